The van der Waals surface area contributed by atoms with E-state index >= 15 is 0 Å². The van der Waals surface area contributed by atoms with Gasteiger partial charge in [-0.05, 0) is 30.0 Å². The predicted octanol–water partition coefficient (Wildman–Crippen LogP) is 2.46. The molecule has 0 heterocycles. The van der Waals surface area contributed by atoms with Crippen molar-refractivity contribution in [3.8, 4) is 0 Å². The third-order valence-electron chi connectivity index (χ3n) is 3.48. The Bertz CT molecular complexity index is 503. The molecule has 0 saturated carbocycles. The number of hydrogen-bond acceptors (Lipinski definition) is 3. The van der Waals surface area contributed by atoms with Crippen molar-refractivity contribution in [2.45, 2.75) is 38.5 Å². The molecule has 3 nitrogen and oxygen atoms in total. The molecule has 1 unspecified atom stereocenters. The van der Waals surface area contributed by atoms with Crippen LogP contribution in [-0.2, 0) is 15.3 Å². The fraction of sp³-hybridized carbons (Fsp3) is 0.600. The van der Waals surface area contributed by atoms with Crippen molar-refractivity contribution in [2.24, 2.45) is 5.73 Å². The second-order valence-electron chi connectivity index (χ2n) is 6.05. The van der Waals surface area contributed by atoms with Gasteiger partial charge in [0.1, 0.15) is 9.84 Å². The van der Waals surface area contributed by atoms with E-state index < -0.39 is 9.84 Å². The minimum atomic E-state index is -2.98. The summed E-state index contributed by atoms with van der Waals surface area (Å²) in [6, 6.07) is 8.24. The van der Waals surface area contributed by atoms with Gasteiger partial charge in [0.15, 0.2) is 0 Å². The Balaban J connectivity index is 2.92. The van der Waals surface area contributed by atoms with Crippen LogP contribution < -0.4 is 5.73 Å². The third-order valence-corrected chi connectivity index (χ3v) is 4.73. The molecule has 0 bridgehead atoms. The van der Waals surface area contributed by atoms with Gasteiger partial charge in [-0.1, -0.05) is 45.0 Å². The molecule has 1 rings (SSSR count). The highest BCUT2D eigenvalue weighted by molar-refractivity contribution is 7.90. The van der Waals surface area contributed by atoms with E-state index in [2.05, 4.69) is 19.1 Å². The van der Waals surface area contributed by atoms with Crippen molar-refractivity contribution < 1.29 is 8.42 Å². The quantitative estimate of drug-likeness (QED) is 0.872. The molecular weight excluding hydrogens is 258 g/mol. The van der Waals surface area contributed by atoms with E-state index in [1.807, 2.05) is 26.0 Å². The SMILES string of the molecule is CC(CCN)c1ccc(C(C)(C)CS(C)(=O)=O)cc1. The van der Waals surface area contributed by atoms with Gasteiger partial charge in [-0.3, -0.25) is 0 Å². The second kappa shape index (κ2) is 6.06. The van der Waals surface area contributed by atoms with Crippen LogP contribution in [0.5, 0.6) is 0 Å². The van der Waals surface area contributed by atoms with Gasteiger partial charge in [0.2, 0.25) is 0 Å². The molecule has 1 atom stereocenters. The highest BCUT2D eigenvalue weighted by Crippen LogP contribution is 2.27. The van der Waals surface area contributed by atoms with Gasteiger partial charge in [-0.15, -0.1) is 0 Å². The summed E-state index contributed by atoms with van der Waals surface area (Å²) >= 11 is 0. The first kappa shape index (κ1) is 16.2. The Hall–Kier alpha value is -0.870. The molecule has 0 aliphatic heterocycles. The Morgan fingerprint density at radius 3 is 2.16 bits per heavy atom. The van der Waals surface area contributed by atoms with E-state index in [9.17, 15) is 8.42 Å². The number of nitrogens with two attached hydrogens (primary N) is 1. The van der Waals surface area contributed by atoms with Gasteiger partial charge in [0.25, 0.3) is 0 Å². The monoisotopic (exact) mass is 283 g/mol. The molecule has 0 radical (unpaired) electrons. The zero-order valence-electron chi connectivity index (χ0n) is 12.3. The highest BCUT2D eigenvalue weighted by atomic mass is 32.2. The molecule has 0 spiro atoms. The summed E-state index contributed by atoms with van der Waals surface area (Å²) in [5, 5.41) is 0. The molecule has 108 valence electrons. The maximum atomic E-state index is 11.5. The minimum absolute atomic E-state index is 0.164. The Labute approximate surface area is 117 Å². The zero-order chi connectivity index (χ0) is 14.7. The van der Waals surface area contributed by atoms with Crippen molar-refractivity contribution in [1.82, 2.24) is 0 Å². The minimum Gasteiger partial charge on any atom is -0.330 e. The topological polar surface area (TPSA) is 60.2 Å². The predicted molar refractivity (Wildman–Crippen MR) is 81.3 cm³/mol. The fourth-order valence-electron chi connectivity index (χ4n) is 2.42. The number of hydrogen-bond donors (Lipinski definition) is 1. The molecule has 4 heteroatoms. The van der Waals surface area contributed by atoms with Gasteiger partial charge in [-0.25, -0.2) is 8.42 Å². The van der Waals surface area contributed by atoms with E-state index in [1.165, 1.54) is 11.8 Å². The van der Waals surface area contributed by atoms with Crippen LogP contribution in [0, 0.1) is 0 Å². The van der Waals surface area contributed by atoms with Crippen molar-refractivity contribution in [3.05, 3.63) is 35.4 Å². The van der Waals surface area contributed by atoms with Crippen LogP contribution in [0.4, 0.5) is 0 Å². The van der Waals surface area contributed by atoms with Crippen LogP contribution in [0.15, 0.2) is 24.3 Å². The molecule has 0 aliphatic carbocycles. The van der Waals surface area contributed by atoms with Crippen LogP contribution in [0.3, 0.4) is 0 Å². The van der Waals surface area contributed by atoms with Crippen molar-refractivity contribution >= 4 is 9.84 Å². The summed E-state index contributed by atoms with van der Waals surface area (Å²) in [6.07, 6.45) is 2.25. The molecule has 0 amide bonds. The standard InChI is InChI=1S/C15H25NO2S/c1-12(9-10-16)13-5-7-14(8-6-13)15(2,3)11-19(4,17)18/h5-8,12H,9-11,16H2,1-4H3. The molecular formula is C15H25NO2S. The first-order valence-corrected chi connectivity index (χ1v) is 8.70. The van der Waals surface area contributed by atoms with Gasteiger partial charge in [0.05, 0.1) is 5.75 Å². The van der Waals surface area contributed by atoms with E-state index in [1.54, 1.807) is 0 Å². The Morgan fingerprint density at radius 2 is 1.74 bits per heavy atom. The van der Waals surface area contributed by atoms with Crippen LogP contribution in [0.2, 0.25) is 0 Å². The van der Waals surface area contributed by atoms with Crippen molar-refractivity contribution in [2.75, 3.05) is 18.6 Å². The average Bonchev–Trinajstić information content (AvgIpc) is 2.26. The van der Waals surface area contributed by atoms with E-state index in [0.717, 1.165) is 12.0 Å². The molecule has 0 fully saturated rings. The summed E-state index contributed by atoms with van der Waals surface area (Å²) in [6.45, 7) is 6.77. The molecule has 0 aliphatic rings. The van der Waals surface area contributed by atoms with Crippen molar-refractivity contribution in [3.63, 3.8) is 0 Å². The van der Waals surface area contributed by atoms with E-state index in [4.69, 9.17) is 5.73 Å². The molecule has 1 aromatic carbocycles. The summed E-state index contributed by atoms with van der Waals surface area (Å²) < 4.78 is 22.9. The third kappa shape index (κ3) is 4.96. The van der Waals surface area contributed by atoms with E-state index in [0.29, 0.717) is 12.5 Å². The van der Waals surface area contributed by atoms with Crippen LogP contribution >= 0.6 is 0 Å². The molecule has 1 aromatic rings. The maximum Gasteiger partial charge on any atom is 0.148 e. The first-order chi connectivity index (χ1) is 8.65. The lowest BCUT2D eigenvalue weighted by Crippen LogP contribution is -2.27. The molecule has 2 N–H and O–H groups in total. The largest absolute Gasteiger partial charge is 0.330 e. The number of sulfone groups is 1. The molecule has 19 heavy (non-hydrogen) atoms. The maximum absolute atomic E-state index is 11.5. The Kier molecular flexibility index (Phi) is 5.16. The molecule has 0 saturated heterocycles. The normalized spacial score (nSPS) is 14.4. The summed E-state index contributed by atoms with van der Waals surface area (Å²) in [4.78, 5) is 0. The van der Waals surface area contributed by atoms with E-state index in [-0.39, 0.29) is 11.2 Å². The summed E-state index contributed by atoms with van der Waals surface area (Å²) in [5.74, 6) is 0.606. The lowest BCUT2D eigenvalue weighted by atomic mass is 9.85. The smallest absolute Gasteiger partial charge is 0.148 e. The van der Waals surface area contributed by atoms with Gasteiger partial charge >= 0.3 is 0 Å². The zero-order valence-corrected chi connectivity index (χ0v) is 13.1. The summed E-state index contributed by atoms with van der Waals surface area (Å²) in [7, 11) is -2.98. The molecule has 0 aromatic heterocycles. The van der Waals surface area contributed by atoms with Gasteiger partial charge in [0, 0.05) is 11.7 Å². The Morgan fingerprint density at radius 1 is 1.21 bits per heavy atom. The summed E-state index contributed by atoms with van der Waals surface area (Å²) in [5.41, 5.74) is 7.52. The number of rotatable bonds is 6. The van der Waals surface area contributed by atoms with Crippen molar-refractivity contribution in [1.29, 1.82) is 0 Å². The average molecular weight is 283 g/mol. The first-order valence-electron chi connectivity index (χ1n) is 6.64. The van der Waals surface area contributed by atoms with Crippen LogP contribution in [0.1, 0.15) is 44.2 Å². The fourth-order valence-corrected chi connectivity index (χ4v) is 3.90. The van der Waals surface area contributed by atoms with Gasteiger partial charge < -0.3 is 5.73 Å². The van der Waals surface area contributed by atoms with Crippen LogP contribution in [-0.4, -0.2) is 27.0 Å². The lowest BCUT2D eigenvalue weighted by molar-refractivity contribution is 0.552. The van der Waals surface area contributed by atoms with Crippen LogP contribution in [0.25, 0.3) is 0 Å². The lowest BCUT2D eigenvalue weighted by Gasteiger charge is -2.25. The van der Waals surface area contributed by atoms with Gasteiger partial charge in [-0.2, -0.15) is 0 Å². The number of benzene rings is 1. The second-order valence-corrected chi connectivity index (χ2v) is 8.19. The highest BCUT2D eigenvalue weighted by Gasteiger charge is 2.25.